The highest BCUT2D eigenvalue weighted by atomic mass is 16.5. The number of aromatic nitrogens is 2. The van der Waals surface area contributed by atoms with Crippen molar-refractivity contribution in [3.8, 4) is 0 Å². The molecule has 1 aromatic heterocycles. The van der Waals surface area contributed by atoms with Gasteiger partial charge >= 0.3 is 5.69 Å². The number of ketones is 1. The molecule has 0 bridgehead atoms. The highest BCUT2D eigenvalue weighted by molar-refractivity contribution is 5.93. The summed E-state index contributed by atoms with van der Waals surface area (Å²) in [7, 11) is 1.55. The van der Waals surface area contributed by atoms with E-state index < -0.39 is 11.2 Å². The van der Waals surface area contributed by atoms with Gasteiger partial charge in [-0.3, -0.25) is 14.2 Å². The quantitative estimate of drug-likeness (QED) is 0.736. The summed E-state index contributed by atoms with van der Waals surface area (Å²) in [5, 5.41) is 0. The zero-order valence-corrected chi connectivity index (χ0v) is 10.1. The van der Waals surface area contributed by atoms with Crippen molar-refractivity contribution in [3.05, 3.63) is 32.6 Å². The zero-order chi connectivity index (χ0) is 13.0. The summed E-state index contributed by atoms with van der Waals surface area (Å²) in [4.78, 5) is 36.9. The minimum absolute atomic E-state index is 0.00535. The van der Waals surface area contributed by atoms with Crippen molar-refractivity contribution in [3.63, 3.8) is 0 Å². The Labute approximate surface area is 98.2 Å². The van der Waals surface area contributed by atoms with Crippen LogP contribution in [0, 0.1) is 5.92 Å². The Morgan fingerprint density at radius 2 is 2.18 bits per heavy atom. The summed E-state index contributed by atoms with van der Waals surface area (Å²) in [5.74, 6) is -0.347. The van der Waals surface area contributed by atoms with Gasteiger partial charge in [-0.05, 0) is 12.8 Å². The van der Waals surface area contributed by atoms with E-state index >= 15 is 0 Å². The van der Waals surface area contributed by atoms with E-state index in [4.69, 9.17) is 4.74 Å². The van der Waals surface area contributed by atoms with E-state index in [0.717, 1.165) is 10.8 Å². The molecule has 1 aromatic rings. The molecule has 94 valence electrons. The van der Waals surface area contributed by atoms with Crippen LogP contribution in [0.3, 0.4) is 0 Å². The van der Waals surface area contributed by atoms with Crippen LogP contribution in [0.1, 0.15) is 24.2 Å². The lowest BCUT2D eigenvalue weighted by Crippen LogP contribution is -2.39. The van der Waals surface area contributed by atoms with Gasteiger partial charge in [0.25, 0.3) is 5.56 Å². The van der Waals surface area contributed by atoms with E-state index in [9.17, 15) is 14.4 Å². The largest absolute Gasteiger partial charge is 0.384 e. The van der Waals surface area contributed by atoms with Gasteiger partial charge in [0.1, 0.15) is 0 Å². The summed E-state index contributed by atoms with van der Waals surface area (Å²) in [6.45, 7) is 3.81. The first-order chi connectivity index (χ1) is 7.97. The van der Waals surface area contributed by atoms with Gasteiger partial charge in [0.15, 0.2) is 5.78 Å². The predicted molar refractivity (Wildman–Crippen MR) is 62.4 cm³/mol. The average molecular weight is 240 g/mol. The van der Waals surface area contributed by atoms with Gasteiger partial charge in [0.05, 0.1) is 12.2 Å². The highest BCUT2D eigenvalue weighted by Gasteiger charge is 2.13. The zero-order valence-electron chi connectivity index (χ0n) is 10.1. The third-order valence-corrected chi connectivity index (χ3v) is 2.39. The fourth-order valence-electron chi connectivity index (χ4n) is 1.58. The molecule has 1 heterocycles. The molecule has 1 atom stereocenters. The molecule has 0 radical (unpaired) electrons. The van der Waals surface area contributed by atoms with E-state index in [1.54, 1.807) is 7.11 Å². The molecule has 1 unspecified atom stereocenters. The molecular weight excluding hydrogens is 224 g/mol. The van der Waals surface area contributed by atoms with Gasteiger partial charge in [0, 0.05) is 19.9 Å². The minimum atomic E-state index is -0.552. The summed E-state index contributed by atoms with van der Waals surface area (Å²) in [6.07, 6.45) is 1.16. The van der Waals surface area contributed by atoms with Gasteiger partial charge in [-0.15, -0.1) is 0 Å². The molecule has 0 spiro atoms. The van der Waals surface area contributed by atoms with Crippen LogP contribution in [0.4, 0.5) is 0 Å². The standard InChI is InChI=1S/C11H16N2O4/c1-7(6-17-3)5-13-10(15)9(8(2)14)4-12-11(13)16/h4,7H,5-6H2,1-3H3,(H,12,16). The highest BCUT2D eigenvalue weighted by Crippen LogP contribution is 1.97. The van der Waals surface area contributed by atoms with Crippen LogP contribution in [0.15, 0.2) is 15.8 Å². The van der Waals surface area contributed by atoms with E-state index in [1.165, 1.54) is 6.92 Å². The maximum absolute atomic E-state index is 11.9. The molecule has 0 saturated heterocycles. The van der Waals surface area contributed by atoms with Crippen molar-refractivity contribution in [2.45, 2.75) is 20.4 Å². The number of hydrogen-bond acceptors (Lipinski definition) is 4. The van der Waals surface area contributed by atoms with E-state index in [-0.39, 0.29) is 23.8 Å². The smallest absolute Gasteiger partial charge is 0.328 e. The Morgan fingerprint density at radius 1 is 1.53 bits per heavy atom. The van der Waals surface area contributed by atoms with Crippen molar-refractivity contribution in [1.82, 2.24) is 9.55 Å². The average Bonchev–Trinajstić information content (AvgIpc) is 2.24. The predicted octanol–water partition coefficient (Wildman–Crippen LogP) is 0.0217. The van der Waals surface area contributed by atoms with Gasteiger partial charge < -0.3 is 9.72 Å². The monoisotopic (exact) mass is 240 g/mol. The van der Waals surface area contributed by atoms with Gasteiger partial charge in [0.2, 0.25) is 0 Å². The maximum Gasteiger partial charge on any atom is 0.328 e. The Balaban J connectivity index is 3.15. The van der Waals surface area contributed by atoms with Crippen molar-refractivity contribution >= 4 is 5.78 Å². The van der Waals surface area contributed by atoms with Gasteiger partial charge in [-0.2, -0.15) is 0 Å². The van der Waals surface area contributed by atoms with Crippen molar-refractivity contribution in [2.24, 2.45) is 5.92 Å². The molecule has 1 rings (SSSR count). The number of ether oxygens (including phenoxy) is 1. The molecule has 0 aliphatic rings. The molecule has 0 fully saturated rings. The number of H-pyrrole nitrogens is 1. The maximum atomic E-state index is 11.9. The van der Waals surface area contributed by atoms with Crippen LogP contribution >= 0.6 is 0 Å². The number of rotatable bonds is 5. The van der Waals surface area contributed by atoms with Crippen LogP contribution in [0.5, 0.6) is 0 Å². The molecular formula is C11H16N2O4. The second-order valence-electron chi connectivity index (χ2n) is 4.04. The van der Waals surface area contributed by atoms with Crippen LogP contribution in [0.2, 0.25) is 0 Å². The first kappa shape index (κ1) is 13.4. The normalized spacial score (nSPS) is 12.4. The number of Topliss-reactive ketones (excluding diaryl/α,β-unsaturated/α-hetero) is 1. The second-order valence-corrected chi connectivity index (χ2v) is 4.04. The summed E-state index contributed by atoms with van der Waals surface area (Å²) in [5.41, 5.74) is -1.07. The molecule has 6 heteroatoms. The van der Waals surface area contributed by atoms with Gasteiger partial charge in [-0.25, -0.2) is 4.79 Å². The molecule has 0 saturated carbocycles. The van der Waals surface area contributed by atoms with Crippen LogP contribution < -0.4 is 11.2 Å². The number of carbonyl (C=O) groups is 1. The van der Waals surface area contributed by atoms with Crippen LogP contribution in [0.25, 0.3) is 0 Å². The van der Waals surface area contributed by atoms with E-state index in [0.29, 0.717) is 6.61 Å². The van der Waals surface area contributed by atoms with Gasteiger partial charge in [-0.1, -0.05) is 6.92 Å². The van der Waals surface area contributed by atoms with Crippen molar-refractivity contribution < 1.29 is 9.53 Å². The second kappa shape index (κ2) is 5.58. The Hall–Kier alpha value is -1.69. The van der Waals surface area contributed by atoms with Crippen LogP contribution in [-0.2, 0) is 11.3 Å². The van der Waals surface area contributed by atoms with E-state index in [1.807, 2.05) is 6.92 Å². The molecule has 0 aromatic carbocycles. The summed E-state index contributed by atoms with van der Waals surface area (Å²) in [6, 6.07) is 0. The molecule has 0 amide bonds. The topological polar surface area (TPSA) is 81.2 Å². The number of nitrogens with one attached hydrogen (secondary N) is 1. The molecule has 0 aliphatic heterocycles. The molecule has 0 aliphatic carbocycles. The lowest BCUT2D eigenvalue weighted by molar-refractivity contribution is 0.101. The fourth-order valence-corrected chi connectivity index (χ4v) is 1.58. The lowest BCUT2D eigenvalue weighted by atomic mass is 10.2. The third kappa shape index (κ3) is 3.13. The number of nitrogens with zero attached hydrogens (tertiary/aromatic N) is 1. The fraction of sp³-hybridized carbons (Fsp3) is 0.545. The minimum Gasteiger partial charge on any atom is -0.384 e. The summed E-state index contributed by atoms with van der Waals surface area (Å²) >= 11 is 0. The third-order valence-electron chi connectivity index (χ3n) is 2.39. The number of carbonyl (C=O) groups excluding carboxylic acids is 1. The molecule has 17 heavy (non-hydrogen) atoms. The number of aromatic amines is 1. The Morgan fingerprint density at radius 3 is 2.71 bits per heavy atom. The van der Waals surface area contributed by atoms with Crippen molar-refractivity contribution in [1.29, 1.82) is 0 Å². The SMILES string of the molecule is COCC(C)Cn1c(=O)[nH]cc(C(C)=O)c1=O. The number of hydrogen-bond donors (Lipinski definition) is 1. The summed E-state index contributed by atoms with van der Waals surface area (Å²) < 4.78 is 5.97. The first-order valence-corrected chi connectivity index (χ1v) is 5.29. The Bertz CT molecular complexity index is 515. The van der Waals surface area contributed by atoms with E-state index in [2.05, 4.69) is 4.98 Å². The van der Waals surface area contributed by atoms with Crippen molar-refractivity contribution in [2.75, 3.05) is 13.7 Å². The molecule has 1 N–H and O–H groups in total. The Kier molecular flexibility index (Phi) is 4.39. The first-order valence-electron chi connectivity index (χ1n) is 5.29. The molecule has 6 nitrogen and oxygen atoms in total. The van der Waals surface area contributed by atoms with Crippen LogP contribution in [-0.4, -0.2) is 29.1 Å². The lowest BCUT2D eigenvalue weighted by Gasteiger charge is -2.11. The number of methoxy groups -OCH3 is 1.